The van der Waals surface area contributed by atoms with Crippen molar-refractivity contribution in [3.8, 4) is 0 Å². The zero-order valence-electron chi connectivity index (χ0n) is 16.6. The van der Waals surface area contributed by atoms with E-state index in [9.17, 15) is 4.79 Å². The summed E-state index contributed by atoms with van der Waals surface area (Å²) in [5.41, 5.74) is 2.38. The number of nitrogens with zero attached hydrogens (tertiary/aromatic N) is 2. The fourth-order valence-electron chi connectivity index (χ4n) is 4.62. The zero-order chi connectivity index (χ0) is 18.6. The summed E-state index contributed by atoms with van der Waals surface area (Å²) in [6.45, 7) is 7.14. The molecule has 0 spiro atoms. The topological polar surface area (TPSA) is 36.7 Å². The second kappa shape index (κ2) is 8.47. The molecule has 2 saturated heterocycles. The Labute approximate surface area is 162 Å². The van der Waals surface area contributed by atoms with Gasteiger partial charge in [0.1, 0.15) is 11.3 Å². The van der Waals surface area contributed by atoms with Crippen LogP contribution < -0.4 is 0 Å². The number of carbonyl (C=O) groups excluding carboxylic acids is 1. The molecule has 0 radical (unpaired) electrons. The summed E-state index contributed by atoms with van der Waals surface area (Å²) in [6, 6.07) is 8.42. The van der Waals surface area contributed by atoms with Crippen molar-refractivity contribution >= 4 is 16.9 Å². The van der Waals surface area contributed by atoms with Crippen LogP contribution >= 0.6 is 0 Å². The van der Waals surface area contributed by atoms with Crippen LogP contribution in [0.1, 0.15) is 56.8 Å². The van der Waals surface area contributed by atoms with E-state index in [1.807, 2.05) is 0 Å². The van der Waals surface area contributed by atoms with Crippen molar-refractivity contribution in [1.82, 2.24) is 9.80 Å². The van der Waals surface area contributed by atoms with E-state index in [0.717, 1.165) is 63.3 Å². The highest BCUT2D eigenvalue weighted by Gasteiger charge is 2.30. The maximum Gasteiger partial charge on any atom is 0.225 e. The minimum absolute atomic E-state index is 0.236. The van der Waals surface area contributed by atoms with Gasteiger partial charge in [-0.2, -0.15) is 0 Å². The highest BCUT2D eigenvalue weighted by atomic mass is 16.3. The molecule has 3 heterocycles. The zero-order valence-corrected chi connectivity index (χ0v) is 16.6. The van der Waals surface area contributed by atoms with Crippen molar-refractivity contribution in [2.24, 2.45) is 5.92 Å². The van der Waals surface area contributed by atoms with Crippen molar-refractivity contribution in [2.45, 2.75) is 58.4 Å². The number of unbranched alkanes of at least 4 members (excludes halogenated alkanes) is 1. The third kappa shape index (κ3) is 4.06. The summed E-state index contributed by atoms with van der Waals surface area (Å²) in [5.74, 6) is 1.80. The number of aryl methyl sites for hydroxylation is 1. The molecule has 4 heteroatoms. The molecule has 0 unspecified atom stereocenters. The van der Waals surface area contributed by atoms with Gasteiger partial charge in [-0.05, 0) is 51.3 Å². The quantitative estimate of drug-likeness (QED) is 0.747. The van der Waals surface area contributed by atoms with Crippen LogP contribution in [0.5, 0.6) is 0 Å². The maximum absolute atomic E-state index is 12.7. The lowest BCUT2D eigenvalue weighted by Gasteiger charge is -2.33. The molecule has 0 N–H and O–H groups in total. The van der Waals surface area contributed by atoms with Gasteiger partial charge >= 0.3 is 0 Å². The number of piperidine rings is 1. The molecule has 2 aromatic rings. The molecule has 4 rings (SSSR count). The predicted octanol–water partition coefficient (Wildman–Crippen LogP) is 4.61. The van der Waals surface area contributed by atoms with Gasteiger partial charge in [0.2, 0.25) is 5.91 Å². The molecular formula is C23H32N2O2. The number of carbonyl (C=O) groups is 1. The number of fused-ring (bicyclic) bond motifs is 1. The molecule has 4 nitrogen and oxygen atoms in total. The van der Waals surface area contributed by atoms with Crippen LogP contribution in [0, 0.1) is 5.92 Å². The van der Waals surface area contributed by atoms with Gasteiger partial charge in [-0.15, -0.1) is 0 Å². The van der Waals surface area contributed by atoms with E-state index in [-0.39, 0.29) is 5.92 Å². The average Bonchev–Trinajstić information content (AvgIpc) is 3.35. The molecule has 146 valence electrons. The predicted molar refractivity (Wildman–Crippen MR) is 109 cm³/mol. The SMILES string of the molecule is CCCCc1oc2ccccc2c1CN1CCC(C(=O)N2CCCC2)CC1. The second-order valence-electron chi connectivity index (χ2n) is 8.19. The fraction of sp³-hybridized carbons (Fsp3) is 0.609. The molecule has 0 bridgehead atoms. The molecule has 27 heavy (non-hydrogen) atoms. The lowest BCUT2D eigenvalue weighted by Crippen LogP contribution is -2.41. The largest absolute Gasteiger partial charge is 0.461 e. The summed E-state index contributed by atoms with van der Waals surface area (Å²) in [7, 11) is 0. The molecule has 1 aromatic carbocycles. The number of furan rings is 1. The molecule has 1 amide bonds. The monoisotopic (exact) mass is 368 g/mol. The number of hydrogen-bond donors (Lipinski definition) is 0. The van der Waals surface area contributed by atoms with Gasteiger partial charge in [0.15, 0.2) is 0 Å². The summed E-state index contributed by atoms with van der Waals surface area (Å²) < 4.78 is 6.18. The van der Waals surface area contributed by atoms with Crippen LogP contribution in [0.15, 0.2) is 28.7 Å². The molecule has 2 aliphatic heterocycles. The molecular weight excluding hydrogens is 336 g/mol. The Kier molecular flexibility index (Phi) is 5.82. The van der Waals surface area contributed by atoms with E-state index < -0.39 is 0 Å². The summed E-state index contributed by atoms with van der Waals surface area (Å²) >= 11 is 0. The number of amides is 1. The van der Waals surface area contributed by atoms with Gasteiger partial charge in [0.05, 0.1) is 0 Å². The average molecular weight is 369 g/mol. The van der Waals surface area contributed by atoms with Crippen molar-refractivity contribution < 1.29 is 9.21 Å². The van der Waals surface area contributed by atoms with E-state index in [1.54, 1.807) is 0 Å². The molecule has 0 saturated carbocycles. The normalized spacial score (nSPS) is 19.2. The summed E-state index contributed by atoms with van der Waals surface area (Å²) in [6.07, 6.45) is 7.71. The number of benzene rings is 1. The fourth-order valence-corrected chi connectivity index (χ4v) is 4.62. The lowest BCUT2D eigenvalue weighted by molar-refractivity contribution is -0.136. The molecule has 0 atom stereocenters. The number of para-hydroxylation sites is 1. The Bertz CT molecular complexity index is 768. The third-order valence-electron chi connectivity index (χ3n) is 6.28. The van der Waals surface area contributed by atoms with Crippen LogP contribution in [0.2, 0.25) is 0 Å². The van der Waals surface area contributed by atoms with Gasteiger partial charge < -0.3 is 9.32 Å². The van der Waals surface area contributed by atoms with Crippen LogP contribution in [0.3, 0.4) is 0 Å². The Hall–Kier alpha value is -1.81. The smallest absolute Gasteiger partial charge is 0.225 e. The number of hydrogen-bond acceptors (Lipinski definition) is 3. The highest BCUT2D eigenvalue weighted by molar-refractivity contribution is 5.82. The van der Waals surface area contributed by atoms with Gasteiger partial charge in [-0.3, -0.25) is 9.69 Å². The van der Waals surface area contributed by atoms with Gasteiger partial charge in [0, 0.05) is 42.9 Å². The van der Waals surface area contributed by atoms with E-state index in [2.05, 4.69) is 41.0 Å². The number of rotatable bonds is 6. The van der Waals surface area contributed by atoms with E-state index >= 15 is 0 Å². The number of likely N-dealkylation sites (tertiary alicyclic amines) is 2. The molecule has 2 aliphatic rings. The second-order valence-corrected chi connectivity index (χ2v) is 8.19. The molecule has 1 aromatic heterocycles. The minimum atomic E-state index is 0.236. The van der Waals surface area contributed by atoms with Crippen LogP contribution in [-0.4, -0.2) is 41.9 Å². The Morgan fingerprint density at radius 2 is 1.85 bits per heavy atom. The minimum Gasteiger partial charge on any atom is -0.461 e. The summed E-state index contributed by atoms with van der Waals surface area (Å²) in [4.78, 5) is 17.3. The summed E-state index contributed by atoms with van der Waals surface area (Å²) in [5, 5.41) is 1.26. The van der Waals surface area contributed by atoms with Crippen LogP contribution in [-0.2, 0) is 17.8 Å². The standard InChI is InChI=1S/C23H32N2O2/c1-2-3-9-22-20(19-8-4-5-10-21(19)27-22)17-24-15-11-18(12-16-24)23(26)25-13-6-7-14-25/h4-5,8,10,18H,2-3,6-7,9,11-17H2,1H3. The van der Waals surface area contributed by atoms with E-state index in [1.165, 1.54) is 36.6 Å². The highest BCUT2D eigenvalue weighted by Crippen LogP contribution is 2.30. The van der Waals surface area contributed by atoms with Crippen molar-refractivity contribution in [1.29, 1.82) is 0 Å². The molecule has 0 aliphatic carbocycles. The Morgan fingerprint density at radius 1 is 1.11 bits per heavy atom. The Balaban J connectivity index is 1.42. The van der Waals surface area contributed by atoms with Crippen LogP contribution in [0.4, 0.5) is 0 Å². The first kappa shape index (κ1) is 18.5. The first-order valence-electron chi connectivity index (χ1n) is 10.8. The van der Waals surface area contributed by atoms with Gasteiger partial charge in [0.25, 0.3) is 0 Å². The maximum atomic E-state index is 12.7. The van der Waals surface area contributed by atoms with Crippen molar-refractivity contribution in [3.63, 3.8) is 0 Å². The first-order chi connectivity index (χ1) is 13.3. The van der Waals surface area contributed by atoms with E-state index in [4.69, 9.17) is 4.42 Å². The van der Waals surface area contributed by atoms with Crippen molar-refractivity contribution in [3.05, 3.63) is 35.6 Å². The molecule has 2 fully saturated rings. The third-order valence-corrected chi connectivity index (χ3v) is 6.28. The van der Waals surface area contributed by atoms with Crippen LogP contribution in [0.25, 0.3) is 11.0 Å². The van der Waals surface area contributed by atoms with Gasteiger partial charge in [-0.25, -0.2) is 0 Å². The van der Waals surface area contributed by atoms with Crippen molar-refractivity contribution in [2.75, 3.05) is 26.2 Å². The Morgan fingerprint density at radius 3 is 2.59 bits per heavy atom. The van der Waals surface area contributed by atoms with E-state index in [0.29, 0.717) is 5.91 Å². The lowest BCUT2D eigenvalue weighted by atomic mass is 9.94. The first-order valence-corrected chi connectivity index (χ1v) is 10.8. The van der Waals surface area contributed by atoms with Gasteiger partial charge in [-0.1, -0.05) is 31.5 Å².